The molecule has 0 aliphatic rings. The van der Waals surface area contributed by atoms with Gasteiger partial charge in [0.2, 0.25) is 5.43 Å². The molecule has 1 aromatic heterocycles. The van der Waals surface area contributed by atoms with E-state index in [2.05, 4.69) is 4.98 Å². The smallest absolute Gasteiger partial charge is 0.217 e. The predicted molar refractivity (Wildman–Crippen MR) is 36.3 cm³/mol. The molecule has 1 N–H and O–H groups in total. The highest BCUT2D eigenvalue weighted by Crippen LogP contribution is 1.91. The van der Waals surface area contributed by atoms with Crippen molar-refractivity contribution in [3.63, 3.8) is 0 Å². The first-order valence-corrected chi connectivity index (χ1v) is 2.98. The van der Waals surface area contributed by atoms with Gasteiger partial charge in [-0.05, 0) is 0 Å². The molecule has 0 aliphatic carbocycles. The first kappa shape index (κ1) is 7.48. The Morgan fingerprint density at radius 2 is 2.45 bits per heavy atom. The molecule has 0 aliphatic heterocycles. The van der Waals surface area contributed by atoms with Crippen LogP contribution in [0.2, 0.25) is 0 Å². The van der Waals surface area contributed by atoms with Crippen LogP contribution in [-0.2, 0) is 6.42 Å². The topological polar surface area (TPSA) is 56.6 Å². The average Bonchev–Trinajstić information content (AvgIpc) is 1.98. The predicted octanol–water partition coefficient (Wildman–Crippen LogP) is 0.580. The highest BCUT2D eigenvalue weighted by atomic mass is 19.1. The Balaban J connectivity index is 3.08. The lowest BCUT2D eigenvalue weighted by Gasteiger charge is -1.92. The van der Waals surface area contributed by atoms with Crippen molar-refractivity contribution < 1.29 is 4.39 Å². The number of nitrogens with one attached hydrogen (secondary N) is 1. The summed E-state index contributed by atoms with van der Waals surface area (Å²) in [6.07, 6.45) is 1.05. The number of nitriles is 1. The van der Waals surface area contributed by atoms with E-state index in [4.69, 9.17) is 5.26 Å². The van der Waals surface area contributed by atoms with Crippen molar-refractivity contribution in [2.45, 2.75) is 6.42 Å². The average molecular weight is 152 g/mol. The molecule has 0 saturated carbocycles. The van der Waals surface area contributed by atoms with Gasteiger partial charge in [-0.2, -0.15) is 5.26 Å². The van der Waals surface area contributed by atoms with Crippen LogP contribution in [0.4, 0.5) is 4.39 Å². The summed E-state index contributed by atoms with van der Waals surface area (Å²) in [5.41, 5.74) is -0.257. The van der Waals surface area contributed by atoms with Gasteiger partial charge in [-0.15, -0.1) is 0 Å². The summed E-state index contributed by atoms with van der Waals surface area (Å²) >= 11 is 0. The molecule has 0 amide bonds. The first-order valence-electron chi connectivity index (χ1n) is 2.98. The highest BCUT2D eigenvalue weighted by Gasteiger charge is 1.97. The third-order valence-corrected chi connectivity index (χ3v) is 1.19. The van der Waals surface area contributed by atoms with E-state index in [1.54, 1.807) is 0 Å². The summed E-state index contributed by atoms with van der Waals surface area (Å²) in [7, 11) is 0. The number of hydrogen-bond acceptors (Lipinski definition) is 2. The standard InChI is InChI=1S/C7H5FN2O/c8-6-4-10-5(1-2-9)3-7(6)11/h3-4H,1H2,(H,10,11). The molecule has 0 radical (unpaired) electrons. The van der Waals surface area contributed by atoms with Crippen LogP contribution in [0.1, 0.15) is 5.69 Å². The van der Waals surface area contributed by atoms with Crippen molar-refractivity contribution in [2.75, 3.05) is 0 Å². The zero-order valence-corrected chi connectivity index (χ0v) is 5.60. The quantitative estimate of drug-likeness (QED) is 0.639. The summed E-state index contributed by atoms with van der Waals surface area (Å²) in [5, 5.41) is 8.21. The largest absolute Gasteiger partial charge is 0.361 e. The second-order valence-electron chi connectivity index (χ2n) is 2.01. The van der Waals surface area contributed by atoms with Crippen LogP contribution in [0.15, 0.2) is 17.1 Å². The molecule has 0 fully saturated rings. The van der Waals surface area contributed by atoms with Gasteiger partial charge in [0.1, 0.15) is 0 Å². The number of aromatic amines is 1. The number of H-pyrrole nitrogens is 1. The van der Waals surface area contributed by atoms with Gasteiger partial charge in [0.15, 0.2) is 5.82 Å². The Hall–Kier alpha value is -1.63. The van der Waals surface area contributed by atoms with Crippen LogP contribution in [0.5, 0.6) is 0 Å². The Kier molecular flexibility index (Phi) is 2.02. The van der Waals surface area contributed by atoms with E-state index in [-0.39, 0.29) is 6.42 Å². The lowest BCUT2D eigenvalue weighted by Crippen LogP contribution is -2.07. The first-order chi connectivity index (χ1) is 5.24. The number of hydrogen-bond donors (Lipinski definition) is 1. The van der Waals surface area contributed by atoms with E-state index >= 15 is 0 Å². The van der Waals surface area contributed by atoms with E-state index in [1.165, 1.54) is 0 Å². The Morgan fingerprint density at radius 1 is 1.73 bits per heavy atom. The Morgan fingerprint density at radius 3 is 3.00 bits per heavy atom. The van der Waals surface area contributed by atoms with Gasteiger partial charge in [0.25, 0.3) is 0 Å². The molecular formula is C7H5FN2O. The Labute approximate surface area is 62.1 Å². The number of pyridine rings is 1. The third kappa shape index (κ3) is 1.64. The molecule has 11 heavy (non-hydrogen) atoms. The molecule has 0 bridgehead atoms. The van der Waals surface area contributed by atoms with E-state index < -0.39 is 11.2 Å². The zero-order valence-electron chi connectivity index (χ0n) is 5.60. The lowest BCUT2D eigenvalue weighted by atomic mass is 10.3. The monoisotopic (exact) mass is 152 g/mol. The van der Waals surface area contributed by atoms with Crippen molar-refractivity contribution in [1.82, 2.24) is 4.98 Å². The van der Waals surface area contributed by atoms with Gasteiger partial charge in [0.05, 0.1) is 12.5 Å². The van der Waals surface area contributed by atoms with Crippen LogP contribution in [0.3, 0.4) is 0 Å². The van der Waals surface area contributed by atoms with Crippen molar-refractivity contribution >= 4 is 0 Å². The number of rotatable bonds is 1. The zero-order chi connectivity index (χ0) is 8.27. The second kappa shape index (κ2) is 2.97. The van der Waals surface area contributed by atoms with Crippen LogP contribution in [0.25, 0.3) is 0 Å². The molecule has 1 heterocycles. The minimum absolute atomic E-state index is 0.0928. The molecule has 0 atom stereocenters. The van der Waals surface area contributed by atoms with Gasteiger partial charge in [-0.3, -0.25) is 4.79 Å². The summed E-state index contributed by atoms with van der Waals surface area (Å²) in [4.78, 5) is 13.1. The lowest BCUT2D eigenvalue weighted by molar-refractivity contribution is 0.609. The second-order valence-corrected chi connectivity index (χ2v) is 2.01. The van der Waals surface area contributed by atoms with Crippen molar-refractivity contribution in [3.05, 3.63) is 34.0 Å². The van der Waals surface area contributed by atoms with E-state index in [0.29, 0.717) is 5.69 Å². The maximum Gasteiger partial charge on any atom is 0.217 e. The fourth-order valence-corrected chi connectivity index (χ4v) is 0.683. The van der Waals surface area contributed by atoms with Gasteiger partial charge < -0.3 is 4.98 Å². The number of halogens is 1. The fraction of sp³-hybridized carbons (Fsp3) is 0.143. The van der Waals surface area contributed by atoms with E-state index in [0.717, 1.165) is 12.3 Å². The van der Waals surface area contributed by atoms with Gasteiger partial charge >= 0.3 is 0 Å². The SMILES string of the molecule is N#CCc1cc(=O)c(F)c[nH]1. The fourth-order valence-electron chi connectivity index (χ4n) is 0.683. The minimum Gasteiger partial charge on any atom is -0.361 e. The molecule has 1 rings (SSSR count). The minimum atomic E-state index is -0.827. The molecule has 56 valence electrons. The third-order valence-electron chi connectivity index (χ3n) is 1.19. The van der Waals surface area contributed by atoms with Crippen molar-refractivity contribution in [3.8, 4) is 6.07 Å². The molecule has 4 heteroatoms. The van der Waals surface area contributed by atoms with Gasteiger partial charge in [-0.25, -0.2) is 4.39 Å². The Bertz CT molecular complexity index is 350. The van der Waals surface area contributed by atoms with Crippen molar-refractivity contribution in [2.24, 2.45) is 0 Å². The van der Waals surface area contributed by atoms with Crippen LogP contribution < -0.4 is 5.43 Å². The van der Waals surface area contributed by atoms with Gasteiger partial charge in [0, 0.05) is 18.0 Å². The summed E-state index contributed by atoms with van der Waals surface area (Å²) in [6.45, 7) is 0. The highest BCUT2D eigenvalue weighted by molar-refractivity contribution is 5.09. The van der Waals surface area contributed by atoms with Crippen LogP contribution >= 0.6 is 0 Å². The van der Waals surface area contributed by atoms with Crippen LogP contribution in [0, 0.1) is 17.1 Å². The summed E-state index contributed by atoms with van der Waals surface area (Å²) in [6, 6.07) is 2.92. The molecular weight excluding hydrogens is 147 g/mol. The number of nitrogens with zero attached hydrogens (tertiary/aromatic N) is 1. The molecule has 0 aromatic carbocycles. The number of aromatic nitrogens is 1. The molecule has 0 unspecified atom stereocenters. The maximum atomic E-state index is 12.3. The van der Waals surface area contributed by atoms with E-state index in [9.17, 15) is 9.18 Å². The van der Waals surface area contributed by atoms with E-state index in [1.807, 2.05) is 6.07 Å². The molecule has 3 nitrogen and oxygen atoms in total. The maximum absolute atomic E-state index is 12.3. The molecule has 1 aromatic rings. The summed E-state index contributed by atoms with van der Waals surface area (Å²) < 4.78 is 12.3. The molecule has 0 saturated heterocycles. The molecule has 0 spiro atoms. The normalized spacial score (nSPS) is 9.09. The summed E-state index contributed by atoms with van der Waals surface area (Å²) in [5.74, 6) is -0.827. The van der Waals surface area contributed by atoms with Crippen LogP contribution in [-0.4, -0.2) is 4.98 Å². The van der Waals surface area contributed by atoms with Crippen molar-refractivity contribution in [1.29, 1.82) is 5.26 Å². The van der Waals surface area contributed by atoms with Gasteiger partial charge in [-0.1, -0.05) is 0 Å².